The number of hydrogen-bond donors (Lipinski definition) is 1. The van der Waals surface area contributed by atoms with E-state index in [0.717, 1.165) is 57.8 Å². The number of Topliss-reactive ketones (excluding diaryl/α,β-unsaturated/α-hetero) is 1. The van der Waals surface area contributed by atoms with Gasteiger partial charge in [-0.15, -0.1) is 0 Å². The number of carbonyl (C=O) groups excluding carboxylic acids is 3. The van der Waals surface area contributed by atoms with E-state index in [-0.39, 0.29) is 29.9 Å². The van der Waals surface area contributed by atoms with Crippen LogP contribution in [0.1, 0.15) is 120 Å². The summed E-state index contributed by atoms with van der Waals surface area (Å²) in [6.07, 6.45) is 33.6. The fourth-order valence-corrected chi connectivity index (χ4v) is 4.04. The summed E-state index contributed by atoms with van der Waals surface area (Å²) in [6.45, 7) is 4.29. The van der Waals surface area contributed by atoms with Gasteiger partial charge in [-0.3, -0.25) is 9.59 Å². The Bertz CT molecular complexity index is 1040. The Labute approximate surface area is 247 Å². The summed E-state index contributed by atoms with van der Waals surface area (Å²) in [7, 11) is 0. The number of rotatable bonds is 22. The number of phenolic OH excluding ortho intramolecular Hbond substituents is 1. The van der Waals surface area contributed by atoms with Gasteiger partial charge in [-0.05, 0) is 69.1 Å². The van der Waals surface area contributed by atoms with Crippen LogP contribution in [0.3, 0.4) is 0 Å². The van der Waals surface area contributed by atoms with Gasteiger partial charge in [-0.1, -0.05) is 106 Å². The van der Waals surface area contributed by atoms with Crippen molar-refractivity contribution in [3.8, 4) is 5.75 Å². The Morgan fingerprint density at radius 3 is 1.90 bits per heavy atom. The highest BCUT2D eigenvalue weighted by atomic mass is 16.6. The number of aromatic hydroxyl groups is 1. The Kier molecular flexibility index (Phi) is 21.1. The predicted molar refractivity (Wildman–Crippen MR) is 169 cm³/mol. The minimum Gasteiger partial charge on any atom is -0.507 e. The Morgan fingerprint density at radius 1 is 0.707 bits per heavy atom. The normalized spacial score (nSPS) is 12.0. The molecule has 0 aromatic heterocycles. The first-order chi connectivity index (χ1) is 20.0. The molecule has 0 saturated heterocycles. The quantitative estimate of drug-likeness (QED) is 0.0659. The molecule has 0 aliphatic carbocycles. The molecule has 0 heterocycles. The molecule has 1 N–H and O–H groups in total. The van der Waals surface area contributed by atoms with E-state index in [1.54, 1.807) is 6.07 Å². The number of carbonyl (C=O) groups is 3. The van der Waals surface area contributed by atoms with E-state index in [1.165, 1.54) is 18.6 Å². The topological polar surface area (TPSA) is 80.7 Å². The molecule has 0 saturated carbocycles. The molecule has 1 aromatic rings. The number of benzene rings is 1. The fourth-order valence-electron chi connectivity index (χ4n) is 4.04. The van der Waals surface area contributed by atoms with E-state index in [1.807, 2.05) is 6.08 Å². The van der Waals surface area contributed by atoms with Crippen molar-refractivity contribution < 1.29 is 24.2 Å². The molecule has 5 heteroatoms. The highest BCUT2D eigenvalue weighted by molar-refractivity contribution is 5.99. The summed E-state index contributed by atoms with van der Waals surface area (Å²) >= 11 is 0. The smallest absolute Gasteiger partial charge is 0.349 e. The molecular weight excluding hydrogens is 512 g/mol. The summed E-state index contributed by atoms with van der Waals surface area (Å²) in [4.78, 5) is 36.9. The van der Waals surface area contributed by atoms with Crippen LogP contribution < -0.4 is 0 Å². The van der Waals surface area contributed by atoms with Crippen LogP contribution in [0, 0.1) is 0 Å². The molecule has 0 aliphatic rings. The number of unbranched alkanes of at least 4 members (excludes halogenated alkanes) is 5. The largest absolute Gasteiger partial charge is 0.507 e. The van der Waals surface area contributed by atoms with E-state index in [4.69, 9.17) is 4.74 Å². The van der Waals surface area contributed by atoms with Gasteiger partial charge >= 0.3 is 11.9 Å². The standard InChI is InChI=1S/C36H50O5/c1-3-5-7-9-10-11-12-13-14-15-16-17-18-19-20-22-24-26-35(39)41-36(40)33-30-31(27-28-34(33)38)29-32(37)25-23-21-8-6-4-2/h5,7,10-11,13-14,16-17,19-20,27-28,30,38H,3-4,6,8-9,12,15,18,21-26,29H2,1-2H3/b7-5-,11-10-,14-13-,17-16-,20-19-. The third-order valence-corrected chi connectivity index (χ3v) is 6.36. The third-order valence-electron chi connectivity index (χ3n) is 6.36. The molecule has 41 heavy (non-hydrogen) atoms. The van der Waals surface area contributed by atoms with Crippen molar-refractivity contribution in [2.24, 2.45) is 0 Å². The van der Waals surface area contributed by atoms with Crippen molar-refractivity contribution in [1.29, 1.82) is 0 Å². The average Bonchev–Trinajstić information content (AvgIpc) is 2.95. The third kappa shape index (κ3) is 19.3. The lowest BCUT2D eigenvalue weighted by Gasteiger charge is -2.07. The molecule has 0 bridgehead atoms. The number of hydrogen-bond acceptors (Lipinski definition) is 5. The first-order valence-electron chi connectivity index (χ1n) is 15.3. The first-order valence-corrected chi connectivity index (χ1v) is 15.3. The SMILES string of the molecule is CC/C=C\C/C=C\C/C=C\C/C=C\C/C=C\CCCC(=O)OC(=O)c1cc(CC(=O)CCCCCCC)ccc1O. The lowest BCUT2D eigenvalue weighted by atomic mass is 10.0. The van der Waals surface area contributed by atoms with Crippen LogP contribution in [-0.2, 0) is 20.7 Å². The molecular formula is C36H50O5. The highest BCUT2D eigenvalue weighted by Gasteiger charge is 2.18. The van der Waals surface area contributed by atoms with Crippen LogP contribution >= 0.6 is 0 Å². The lowest BCUT2D eigenvalue weighted by molar-refractivity contribution is -0.138. The summed E-state index contributed by atoms with van der Waals surface area (Å²) in [5.41, 5.74) is 0.531. The molecule has 1 aromatic carbocycles. The van der Waals surface area contributed by atoms with Gasteiger partial charge in [0, 0.05) is 19.3 Å². The van der Waals surface area contributed by atoms with Gasteiger partial charge in [-0.2, -0.15) is 0 Å². The molecule has 0 amide bonds. The summed E-state index contributed by atoms with van der Waals surface area (Å²) in [6, 6.07) is 4.43. The Balaban J connectivity index is 2.26. The summed E-state index contributed by atoms with van der Waals surface area (Å²) in [5.74, 6) is -1.69. The maximum absolute atomic E-state index is 12.4. The molecule has 5 nitrogen and oxygen atoms in total. The van der Waals surface area contributed by atoms with E-state index >= 15 is 0 Å². The molecule has 0 fully saturated rings. The zero-order valence-electron chi connectivity index (χ0n) is 25.2. The summed E-state index contributed by atoms with van der Waals surface area (Å²) in [5, 5.41) is 10.1. The fraction of sp³-hybridized carbons (Fsp3) is 0.472. The van der Waals surface area contributed by atoms with Gasteiger partial charge in [0.25, 0.3) is 0 Å². The van der Waals surface area contributed by atoms with E-state index in [0.29, 0.717) is 24.8 Å². The molecule has 1 rings (SSSR count). The second-order valence-electron chi connectivity index (χ2n) is 10.1. The van der Waals surface area contributed by atoms with Crippen LogP contribution in [0.4, 0.5) is 0 Å². The monoisotopic (exact) mass is 562 g/mol. The van der Waals surface area contributed by atoms with Crippen LogP contribution in [-0.4, -0.2) is 22.8 Å². The Hall–Kier alpha value is -3.47. The molecule has 224 valence electrons. The van der Waals surface area contributed by atoms with Gasteiger partial charge in [0.15, 0.2) is 0 Å². The minimum absolute atomic E-state index is 0.0931. The first kappa shape index (κ1) is 35.6. The van der Waals surface area contributed by atoms with E-state index < -0.39 is 11.9 Å². The molecule has 0 spiro atoms. The van der Waals surface area contributed by atoms with Crippen LogP contribution in [0.15, 0.2) is 79.0 Å². The number of ether oxygens (including phenoxy) is 1. The van der Waals surface area contributed by atoms with Gasteiger partial charge < -0.3 is 9.84 Å². The van der Waals surface area contributed by atoms with E-state index in [9.17, 15) is 19.5 Å². The van der Waals surface area contributed by atoms with Crippen molar-refractivity contribution in [3.05, 3.63) is 90.1 Å². The number of phenols is 1. The van der Waals surface area contributed by atoms with Gasteiger partial charge in [0.2, 0.25) is 0 Å². The van der Waals surface area contributed by atoms with Gasteiger partial charge in [-0.25, -0.2) is 4.79 Å². The van der Waals surface area contributed by atoms with Crippen LogP contribution in [0.2, 0.25) is 0 Å². The van der Waals surface area contributed by atoms with Crippen molar-refractivity contribution in [2.45, 2.75) is 110 Å². The van der Waals surface area contributed by atoms with Gasteiger partial charge in [0.05, 0.1) is 0 Å². The van der Waals surface area contributed by atoms with Crippen molar-refractivity contribution in [1.82, 2.24) is 0 Å². The zero-order chi connectivity index (χ0) is 30.0. The van der Waals surface area contributed by atoms with Crippen LogP contribution in [0.25, 0.3) is 0 Å². The number of ketones is 1. The zero-order valence-corrected chi connectivity index (χ0v) is 25.2. The minimum atomic E-state index is -0.892. The molecule has 0 unspecified atom stereocenters. The predicted octanol–water partition coefficient (Wildman–Crippen LogP) is 9.47. The van der Waals surface area contributed by atoms with Crippen molar-refractivity contribution in [3.63, 3.8) is 0 Å². The maximum Gasteiger partial charge on any atom is 0.349 e. The highest BCUT2D eigenvalue weighted by Crippen LogP contribution is 2.21. The Morgan fingerprint density at radius 2 is 1.29 bits per heavy atom. The van der Waals surface area contributed by atoms with Crippen molar-refractivity contribution in [2.75, 3.05) is 0 Å². The summed E-state index contributed by atoms with van der Waals surface area (Å²) < 4.78 is 4.94. The maximum atomic E-state index is 12.4. The average molecular weight is 563 g/mol. The molecule has 0 aliphatic heterocycles. The second kappa shape index (κ2) is 24.3. The molecule has 0 radical (unpaired) electrons. The van der Waals surface area contributed by atoms with E-state index in [2.05, 4.69) is 68.5 Å². The number of esters is 2. The second-order valence-corrected chi connectivity index (χ2v) is 10.1. The lowest BCUT2D eigenvalue weighted by Crippen LogP contribution is -2.13. The number of allylic oxidation sites excluding steroid dienone is 10. The van der Waals surface area contributed by atoms with Gasteiger partial charge in [0.1, 0.15) is 17.1 Å². The molecule has 0 atom stereocenters. The van der Waals surface area contributed by atoms with Crippen LogP contribution in [0.5, 0.6) is 5.75 Å². The van der Waals surface area contributed by atoms with Crippen molar-refractivity contribution >= 4 is 17.7 Å².